The Kier molecular flexibility index (Phi) is 1.99. The number of fused-ring (bicyclic) bond motifs is 2. The zero-order valence-electron chi connectivity index (χ0n) is 9.14. The smallest absolute Gasteiger partial charge is 0.0998 e. The van der Waals surface area contributed by atoms with Crippen molar-refractivity contribution in [2.45, 2.75) is 0 Å². The Balaban J connectivity index is 2.52. The molecule has 80 valence electrons. The Bertz CT molecular complexity index is 767. The van der Waals surface area contributed by atoms with Gasteiger partial charge in [0.15, 0.2) is 0 Å². The predicted molar refractivity (Wildman–Crippen MR) is 70.6 cm³/mol. The number of nitrogens with two attached hydrogens (primary N) is 1. The van der Waals surface area contributed by atoms with Gasteiger partial charge in [-0.3, -0.25) is 0 Å². The van der Waals surface area contributed by atoms with Gasteiger partial charge in [0.25, 0.3) is 0 Å². The lowest BCUT2D eigenvalue weighted by Gasteiger charge is -2.05. The van der Waals surface area contributed by atoms with Crippen molar-refractivity contribution in [1.82, 2.24) is 0 Å². The maximum absolute atomic E-state index is 9.13. The van der Waals surface area contributed by atoms with Crippen LogP contribution in [0.15, 0.2) is 48.5 Å². The first kappa shape index (κ1) is 9.68. The highest BCUT2D eigenvalue weighted by molar-refractivity contribution is 6.01. The summed E-state index contributed by atoms with van der Waals surface area (Å²) >= 11 is 0. The van der Waals surface area contributed by atoms with Gasteiger partial charge in [-0.1, -0.05) is 24.3 Å². The number of hydrogen-bond acceptors (Lipinski definition) is 2. The lowest BCUT2D eigenvalue weighted by atomic mass is 9.99. The van der Waals surface area contributed by atoms with Crippen LogP contribution in [0, 0.1) is 11.3 Å². The lowest BCUT2D eigenvalue weighted by Crippen LogP contribution is -1.88. The standard InChI is InChI=1S/C15H10N2/c16-9-13-7-14(17)6-12-5-10-3-1-2-4-11(10)8-15(12)13/h1-8H,17H2. The quantitative estimate of drug-likeness (QED) is 0.464. The SMILES string of the molecule is N#Cc1cc(N)cc2cc3ccccc3cc12. The molecule has 0 saturated heterocycles. The number of nitrogen functional groups attached to an aromatic ring is 1. The van der Waals surface area contributed by atoms with Crippen LogP contribution in [0.1, 0.15) is 5.56 Å². The number of benzene rings is 3. The van der Waals surface area contributed by atoms with Gasteiger partial charge in [-0.25, -0.2) is 0 Å². The molecule has 0 aliphatic heterocycles. The van der Waals surface area contributed by atoms with E-state index in [-0.39, 0.29) is 0 Å². The Morgan fingerprint density at radius 3 is 2.29 bits per heavy atom. The highest BCUT2D eigenvalue weighted by Gasteiger charge is 2.04. The zero-order chi connectivity index (χ0) is 11.8. The van der Waals surface area contributed by atoms with Crippen LogP contribution in [0.5, 0.6) is 0 Å². The van der Waals surface area contributed by atoms with Crippen LogP contribution in [-0.4, -0.2) is 0 Å². The highest BCUT2D eigenvalue weighted by atomic mass is 14.5. The normalized spacial score (nSPS) is 10.5. The fraction of sp³-hybridized carbons (Fsp3) is 0. The van der Waals surface area contributed by atoms with Crippen molar-refractivity contribution >= 4 is 27.2 Å². The number of nitrogens with zero attached hydrogens (tertiary/aromatic N) is 1. The maximum atomic E-state index is 9.13. The molecule has 2 N–H and O–H groups in total. The molecule has 0 fully saturated rings. The molecule has 0 atom stereocenters. The molecule has 0 aliphatic carbocycles. The van der Waals surface area contributed by atoms with Crippen molar-refractivity contribution in [3.05, 3.63) is 54.1 Å². The minimum absolute atomic E-state index is 0.629. The van der Waals surface area contributed by atoms with E-state index in [1.54, 1.807) is 6.07 Å². The van der Waals surface area contributed by atoms with E-state index in [2.05, 4.69) is 18.2 Å². The fourth-order valence-electron chi connectivity index (χ4n) is 2.17. The number of rotatable bonds is 0. The molecule has 17 heavy (non-hydrogen) atoms. The largest absolute Gasteiger partial charge is 0.399 e. The first-order valence-electron chi connectivity index (χ1n) is 5.40. The van der Waals surface area contributed by atoms with Gasteiger partial charge in [0, 0.05) is 11.1 Å². The van der Waals surface area contributed by atoms with Gasteiger partial charge in [0.2, 0.25) is 0 Å². The Morgan fingerprint density at radius 2 is 1.59 bits per heavy atom. The van der Waals surface area contributed by atoms with Crippen molar-refractivity contribution in [3.8, 4) is 6.07 Å². The Morgan fingerprint density at radius 1 is 0.882 bits per heavy atom. The molecule has 0 spiro atoms. The van der Waals surface area contributed by atoms with Crippen LogP contribution in [0.4, 0.5) is 5.69 Å². The monoisotopic (exact) mass is 218 g/mol. The Labute approximate surface area is 98.9 Å². The van der Waals surface area contributed by atoms with Gasteiger partial charge in [-0.05, 0) is 40.4 Å². The summed E-state index contributed by atoms with van der Waals surface area (Å²) in [5.41, 5.74) is 7.05. The summed E-state index contributed by atoms with van der Waals surface area (Å²) in [6, 6.07) is 18.0. The molecule has 0 aromatic heterocycles. The van der Waals surface area contributed by atoms with Crippen LogP contribution >= 0.6 is 0 Å². The van der Waals surface area contributed by atoms with E-state index in [1.165, 1.54) is 0 Å². The van der Waals surface area contributed by atoms with E-state index in [4.69, 9.17) is 11.0 Å². The minimum Gasteiger partial charge on any atom is -0.399 e. The first-order chi connectivity index (χ1) is 8.28. The highest BCUT2D eigenvalue weighted by Crippen LogP contribution is 2.27. The van der Waals surface area contributed by atoms with Gasteiger partial charge >= 0.3 is 0 Å². The summed E-state index contributed by atoms with van der Waals surface area (Å²) in [6.07, 6.45) is 0. The third kappa shape index (κ3) is 1.49. The van der Waals surface area contributed by atoms with Crippen LogP contribution in [0.2, 0.25) is 0 Å². The van der Waals surface area contributed by atoms with E-state index >= 15 is 0 Å². The van der Waals surface area contributed by atoms with Crippen molar-refractivity contribution in [3.63, 3.8) is 0 Å². The van der Waals surface area contributed by atoms with E-state index in [0.29, 0.717) is 11.3 Å². The summed E-state index contributed by atoms with van der Waals surface area (Å²) in [7, 11) is 0. The summed E-state index contributed by atoms with van der Waals surface area (Å²) < 4.78 is 0. The average Bonchev–Trinajstić information content (AvgIpc) is 2.35. The second-order valence-electron chi connectivity index (χ2n) is 4.10. The third-order valence-corrected chi connectivity index (χ3v) is 2.96. The summed E-state index contributed by atoms with van der Waals surface area (Å²) in [4.78, 5) is 0. The van der Waals surface area contributed by atoms with Crippen LogP contribution in [-0.2, 0) is 0 Å². The maximum Gasteiger partial charge on any atom is 0.0998 e. The molecule has 2 heteroatoms. The molecule has 3 aromatic rings. The van der Waals surface area contributed by atoms with Gasteiger partial charge in [0.1, 0.15) is 0 Å². The summed E-state index contributed by atoms with van der Waals surface area (Å²) in [5, 5.41) is 13.4. The second kappa shape index (κ2) is 3.50. The molecule has 0 bridgehead atoms. The second-order valence-corrected chi connectivity index (χ2v) is 4.10. The van der Waals surface area contributed by atoms with E-state index in [1.807, 2.05) is 30.3 Å². The molecular formula is C15H10N2. The van der Waals surface area contributed by atoms with Crippen molar-refractivity contribution < 1.29 is 0 Å². The van der Waals surface area contributed by atoms with E-state index in [9.17, 15) is 0 Å². The van der Waals surface area contributed by atoms with Crippen molar-refractivity contribution in [1.29, 1.82) is 5.26 Å². The molecule has 0 heterocycles. The fourth-order valence-corrected chi connectivity index (χ4v) is 2.17. The van der Waals surface area contributed by atoms with Crippen molar-refractivity contribution in [2.24, 2.45) is 0 Å². The van der Waals surface area contributed by atoms with Crippen LogP contribution in [0.25, 0.3) is 21.5 Å². The van der Waals surface area contributed by atoms with Gasteiger partial charge in [-0.2, -0.15) is 5.26 Å². The van der Waals surface area contributed by atoms with Gasteiger partial charge in [-0.15, -0.1) is 0 Å². The van der Waals surface area contributed by atoms with Crippen LogP contribution < -0.4 is 5.73 Å². The molecular weight excluding hydrogens is 208 g/mol. The Hall–Kier alpha value is -2.53. The lowest BCUT2D eigenvalue weighted by molar-refractivity contribution is 1.50. The third-order valence-electron chi connectivity index (χ3n) is 2.96. The number of nitriles is 1. The summed E-state index contributed by atoms with van der Waals surface area (Å²) in [6.45, 7) is 0. The average molecular weight is 218 g/mol. The molecule has 0 amide bonds. The first-order valence-corrected chi connectivity index (χ1v) is 5.40. The molecule has 2 nitrogen and oxygen atoms in total. The number of hydrogen-bond donors (Lipinski definition) is 1. The minimum atomic E-state index is 0.629. The molecule has 0 aliphatic rings. The number of anilines is 1. The van der Waals surface area contributed by atoms with E-state index < -0.39 is 0 Å². The molecule has 3 rings (SSSR count). The van der Waals surface area contributed by atoms with E-state index in [0.717, 1.165) is 21.5 Å². The zero-order valence-corrected chi connectivity index (χ0v) is 9.14. The van der Waals surface area contributed by atoms with Gasteiger partial charge in [0.05, 0.1) is 11.6 Å². The molecule has 3 aromatic carbocycles. The van der Waals surface area contributed by atoms with Gasteiger partial charge < -0.3 is 5.73 Å². The van der Waals surface area contributed by atoms with Crippen molar-refractivity contribution in [2.75, 3.05) is 5.73 Å². The molecule has 0 saturated carbocycles. The topological polar surface area (TPSA) is 49.8 Å². The molecule has 0 unspecified atom stereocenters. The summed E-state index contributed by atoms with van der Waals surface area (Å²) in [5.74, 6) is 0. The van der Waals surface area contributed by atoms with Crippen LogP contribution in [0.3, 0.4) is 0 Å². The molecule has 0 radical (unpaired) electrons. The predicted octanol–water partition coefficient (Wildman–Crippen LogP) is 3.45.